The van der Waals surface area contributed by atoms with E-state index in [1.54, 1.807) is 25.1 Å². The van der Waals surface area contributed by atoms with E-state index in [0.717, 1.165) is 10.9 Å². The second-order valence-electron chi connectivity index (χ2n) is 8.06. The molecule has 2 aliphatic rings. The van der Waals surface area contributed by atoms with Gasteiger partial charge in [0.25, 0.3) is 5.91 Å². The van der Waals surface area contributed by atoms with Crippen LogP contribution in [-0.4, -0.2) is 52.1 Å². The molecule has 0 aliphatic carbocycles. The van der Waals surface area contributed by atoms with Gasteiger partial charge in [0, 0.05) is 33.7 Å². The summed E-state index contributed by atoms with van der Waals surface area (Å²) in [6.07, 6.45) is 1.61. The number of nitrogens with zero attached hydrogens (tertiary/aromatic N) is 1. The third-order valence-corrected chi connectivity index (χ3v) is 8.12. The zero-order valence-corrected chi connectivity index (χ0v) is 21.2. The molecular formula is C25H24N2O7S2. The molecule has 4 heterocycles. The van der Waals surface area contributed by atoms with Gasteiger partial charge in [-0.2, -0.15) is 0 Å². The van der Waals surface area contributed by atoms with E-state index >= 15 is 0 Å². The Hall–Kier alpha value is -3.57. The number of ether oxygens (including phenoxy) is 1. The number of carboxylic acids is 1. The summed E-state index contributed by atoms with van der Waals surface area (Å²) in [5.41, 5.74) is 1.02. The highest BCUT2D eigenvalue weighted by Crippen LogP contribution is 2.40. The lowest BCUT2D eigenvalue weighted by atomic mass is 10.0. The number of β-lactam (4-membered cyclic amide) rings is 1. The molecule has 0 radical (unpaired) electrons. The molecule has 2 unspecified atom stereocenters. The molecule has 1 aromatic carbocycles. The number of thioether (sulfide) groups is 1. The maximum absolute atomic E-state index is 12.2. The van der Waals surface area contributed by atoms with Crippen molar-refractivity contribution >= 4 is 52.4 Å². The van der Waals surface area contributed by atoms with E-state index < -0.39 is 28.9 Å². The van der Waals surface area contributed by atoms with Gasteiger partial charge in [0.1, 0.15) is 35.1 Å². The lowest BCUT2D eigenvalue weighted by Crippen LogP contribution is -2.69. The van der Waals surface area contributed by atoms with Crippen LogP contribution in [0.25, 0.3) is 11.0 Å². The molecule has 0 saturated carbocycles. The molecule has 11 heteroatoms. The summed E-state index contributed by atoms with van der Waals surface area (Å²) >= 11 is 3.18. The molecular weight excluding hydrogens is 504 g/mol. The maximum atomic E-state index is 12.2. The normalized spacial score (nSPS) is 18.6. The maximum Gasteiger partial charge on any atom is 0.352 e. The average Bonchev–Trinajstić information content (AvgIpc) is 3.39. The molecule has 2 amide bonds. The van der Waals surface area contributed by atoms with E-state index in [1.165, 1.54) is 34.0 Å². The molecule has 5 rings (SSSR count). The molecule has 1 saturated heterocycles. The summed E-state index contributed by atoms with van der Waals surface area (Å²) < 4.78 is 10.9. The zero-order chi connectivity index (χ0) is 25.8. The first-order valence-electron chi connectivity index (χ1n) is 11.1. The molecule has 2 atom stereocenters. The van der Waals surface area contributed by atoms with Crippen LogP contribution in [0.5, 0.6) is 5.75 Å². The predicted octanol–water partition coefficient (Wildman–Crippen LogP) is 3.16. The van der Waals surface area contributed by atoms with Crippen molar-refractivity contribution < 1.29 is 28.6 Å². The van der Waals surface area contributed by atoms with Crippen molar-refractivity contribution in [2.24, 2.45) is 0 Å². The minimum atomic E-state index is -1.23. The van der Waals surface area contributed by atoms with Crippen LogP contribution in [0.1, 0.15) is 17.4 Å². The van der Waals surface area contributed by atoms with E-state index in [-0.39, 0.29) is 12.3 Å². The van der Waals surface area contributed by atoms with Gasteiger partial charge in [0.05, 0.1) is 0 Å². The predicted molar refractivity (Wildman–Crippen MR) is 137 cm³/mol. The Morgan fingerprint density at radius 1 is 1.31 bits per heavy atom. The molecule has 3 aromatic rings. The smallest absolute Gasteiger partial charge is 0.352 e. The molecule has 0 spiro atoms. The topological polar surface area (TPSA) is 126 Å². The lowest BCUT2D eigenvalue weighted by molar-refractivity contribution is -0.149. The van der Waals surface area contributed by atoms with E-state index in [4.69, 9.17) is 9.15 Å². The van der Waals surface area contributed by atoms with Gasteiger partial charge in [0.2, 0.25) is 6.41 Å². The number of aryl methyl sites for hydroxylation is 2. The fourth-order valence-corrected chi connectivity index (χ4v) is 5.96. The monoisotopic (exact) mass is 528 g/mol. The number of aliphatic carboxylic acids is 1. The van der Waals surface area contributed by atoms with Crippen molar-refractivity contribution in [3.63, 3.8) is 0 Å². The van der Waals surface area contributed by atoms with Crippen molar-refractivity contribution in [2.45, 2.75) is 31.7 Å². The standard InChI is InChI=1S/C19H16N2O7S.C6H8S/c1-9-4-14(23)28-13-5-11(2-3-12(9)13)27-6-10-7-29-18-15(20-8-22)17(24)21(18)16(10)19(25)26;1-2-6-4-3-5-7-6/h2-5,8,15,18H,6-7H2,1H3,(H,20,22)(H,25,26);3-5H,2H2,1H3. The molecule has 1 fully saturated rings. The first kappa shape index (κ1) is 25.5. The lowest BCUT2D eigenvalue weighted by Gasteiger charge is -2.49. The van der Waals surface area contributed by atoms with E-state index in [2.05, 4.69) is 29.8 Å². The number of fused-ring (bicyclic) bond motifs is 2. The SMILES string of the molecule is CCc1cccs1.Cc1cc(=O)oc2cc(OCC3=C(C(=O)O)N4C(=O)C(NC=O)C4SC3)ccc12. The van der Waals surface area contributed by atoms with Gasteiger partial charge in [-0.25, -0.2) is 9.59 Å². The van der Waals surface area contributed by atoms with Gasteiger partial charge in [-0.1, -0.05) is 13.0 Å². The number of rotatable bonds is 7. The number of benzene rings is 1. The van der Waals surface area contributed by atoms with E-state index in [1.807, 2.05) is 11.3 Å². The van der Waals surface area contributed by atoms with Crippen molar-refractivity contribution in [1.29, 1.82) is 0 Å². The van der Waals surface area contributed by atoms with Gasteiger partial charge >= 0.3 is 11.6 Å². The highest BCUT2D eigenvalue weighted by Gasteiger charge is 2.53. The number of thiophene rings is 1. The number of nitrogens with one attached hydrogen (secondary N) is 1. The number of carbonyl (C=O) groups is 3. The molecule has 2 N–H and O–H groups in total. The Bertz CT molecular complexity index is 1380. The first-order valence-corrected chi connectivity index (χ1v) is 13.1. The van der Waals surface area contributed by atoms with Crippen molar-refractivity contribution in [3.05, 3.63) is 73.9 Å². The number of hydrogen-bond acceptors (Lipinski definition) is 8. The van der Waals surface area contributed by atoms with Crippen LogP contribution in [0, 0.1) is 6.92 Å². The summed E-state index contributed by atoms with van der Waals surface area (Å²) in [4.78, 5) is 48.9. The van der Waals surface area contributed by atoms with Crippen LogP contribution >= 0.6 is 23.1 Å². The van der Waals surface area contributed by atoms with Gasteiger partial charge in [-0.3, -0.25) is 14.5 Å². The fraction of sp³-hybridized carbons (Fsp3) is 0.280. The summed E-state index contributed by atoms with van der Waals surface area (Å²) in [6, 6.07) is 9.96. The van der Waals surface area contributed by atoms with Crippen molar-refractivity contribution in [2.75, 3.05) is 12.4 Å². The zero-order valence-electron chi connectivity index (χ0n) is 19.6. The summed E-state index contributed by atoms with van der Waals surface area (Å²) in [5.74, 6) is -0.945. The third kappa shape index (κ3) is 5.17. The molecule has 0 bridgehead atoms. The van der Waals surface area contributed by atoms with Crippen LogP contribution in [0.15, 0.2) is 62.3 Å². The van der Waals surface area contributed by atoms with Crippen molar-refractivity contribution in [3.8, 4) is 5.75 Å². The fourth-order valence-electron chi connectivity index (χ4n) is 3.97. The number of amides is 2. The van der Waals surface area contributed by atoms with Gasteiger partial charge in [-0.05, 0) is 42.5 Å². The Kier molecular flexibility index (Phi) is 7.80. The summed E-state index contributed by atoms with van der Waals surface area (Å²) in [5, 5.41) is 14.5. The van der Waals surface area contributed by atoms with Crippen LogP contribution < -0.4 is 15.7 Å². The molecule has 36 heavy (non-hydrogen) atoms. The van der Waals surface area contributed by atoms with E-state index in [9.17, 15) is 24.3 Å². The summed E-state index contributed by atoms with van der Waals surface area (Å²) in [7, 11) is 0. The Balaban J connectivity index is 0.000000375. The van der Waals surface area contributed by atoms with Crippen LogP contribution in [-0.2, 0) is 20.8 Å². The molecule has 2 aromatic heterocycles. The van der Waals surface area contributed by atoms with Gasteiger partial charge in [-0.15, -0.1) is 23.1 Å². The first-order chi connectivity index (χ1) is 17.3. The largest absolute Gasteiger partial charge is 0.489 e. The second kappa shape index (κ2) is 11.0. The van der Waals surface area contributed by atoms with Crippen LogP contribution in [0.4, 0.5) is 0 Å². The highest BCUT2D eigenvalue weighted by atomic mass is 32.2. The van der Waals surface area contributed by atoms with E-state index in [0.29, 0.717) is 29.1 Å². The van der Waals surface area contributed by atoms with Crippen LogP contribution in [0.2, 0.25) is 0 Å². The highest BCUT2D eigenvalue weighted by molar-refractivity contribution is 8.00. The van der Waals surface area contributed by atoms with Gasteiger partial charge < -0.3 is 19.6 Å². The Labute approximate surface area is 214 Å². The molecule has 2 aliphatic heterocycles. The Morgan fingerprint density at radius 2 is 2.11 bits per heavy atom. The Morgan fingerprint density at radius 3 is 2.75 bits per heavy atom. The van der Waals surface area contributed by atoms with Gasteiger partial charge in [0.15, 0.2) is 0 Å². The molecule has 188 valence electrons. The minimum absolute atomic E-state index is 0.0432. The quantitative estimate of drug-likeness (QED) is 0.272. The number of carboxylic acid groups (broad SMARTS) is 1. The third-order valence-electron chi connectivity index (χ3n) is 5.76. The van der Waals surface area contributed by atoms with Crippen molar-refractivity contribution in [1.82, 2.24) is 10.2 Å². The molecule has 9 nitrogen and oxygen atoms in total. The summed E-state index contributed by atoms with van der Waals surface area (Å²) in [6.45, 7) is 3.93. The van der Waals surface area contributed by atoms with Crippen LogP contribution in [0.3, 0.4) is 0 Å². The second-order valence-corrected chi connectivity index (χ2v) is 10.2. The minimum Gasteiger partial charge on any atom is -0.489 e. The number of carbonyl (C=O) groups excluding carboxylic acids is 2. The number of hydrogen-bond donors (Lipinski definition) is 2. The average molecular weight is 529 g/mol.